The summed E-state index contributed by atoms with van der Waals surface area (Å²) in [4.78, 5) is 0. The van der Waals surface area contributed by atoms with E-state index in [9.17, 15) is 5.11 Å². The molecule has 0 heterocycles. The zero-order chi connectivity index (χ0) is 8.85. The van der Waals surface area contributed by atoms with E-state index in [1.165, 1.54) is 0 Å². The third-order valence-electron chi connectivity index (χ3n) is 2.28. The van der Waals surface area contributed by atoms with Gasteiger partial charge in [0.2, 0.25) is 0 Å². The van der Waals surface area contributed by atoms with Crippen molar-refractivity contribution in [2.24, 2.45) is 11.8 Å². The highest BCUT2D eigenvalue weighted by Crippen LogP contribution is 2.24. The van der Waals surface area contributed by atoms with Crippen LogP contribution in [0.2, 0.25) is 0 Å². The number of hydrogen-bond donors (Lipinski definition) is 1. The summed E-state index contributed by atoms with van der Waals surface area (Å²) in [7, 11) is 0. The molecule has 1 N–H and O–H groups in total. The second-order valence-corrected chi connectivity index (χ2v) is 2.99. The van der Waals surface area contributed by atoms with Crippen molar-refractivity contribution < 1.29 is 5.11 Å². The Morgan fingerprint density at radius 3 is 2.18 bits per heavy atom. The van der Waals surface area contributed by atoms with Crippen LogP contribution in [0.5, 0.6) is 0 Å². The number of rotatable bonds is 0. The maximum absolute atomic E-state index is 9.26. The average Bonchev–Trinajstić information content (AvgIpc) is 2.04. The Bertz CT molecular complexity index is 118. The van der Waals surface area contributed by atoms with Gasteiger partial charge in [-0.2, -0.15) is 0 Å². The van der Waals surface area contributed by atoms with Crippen LogP contribution in [0.1, 0.15) is 34.1 Å². The molecule has 11 heavy (non-hydrogen) atoms. The average molecular weight is 156 g/mol. The first-order chi connectivity index (χ1) is 5.22. The Morgan fingerprint density at radius 2 is 1.82 bits per heavy atom. The summed E-state index contributed by atoms with van der Waals surface area (Å²) >= 11 is 0. The van der Waals surface area contributed by atoms with Crippen LogP contribution >= 0.6 is 0 Å². The second kappa shape index (κ2) is 5.36. The van der Waals surface area contributed by atoms with Crippen molar-refractivity contribution in [3.63, 3.8) is 0 Å². The third kappa shape index (κ3) is 3.06. The van der Waals surface area contributed by atoms with E-state index in [-0.39, 0.29) is 6.10 Å². The molecule has 0 radical (unpaired) electrons. The zero-order valence-electron chi connectivity index (χ0n) is 8.04. The highest BCUT2D eigenvalue weighted by molar-refractivity contribution is 4.98. The summed E-state index contributed by atoms with van der Waals surface area (Å²) in [5, 5.41) is 9.26. The summed E-state index contributed by atoms with van der Waals surface area (Å²) in [5.41, 5.74) is 0. The van der Waals surface area contributed by atoms with Crippen molar-refractivity contribution in [1.29, 1.82) is 0 Å². The monoisotopic (exact) mass is 156 g/mol. The maximum atomic E-state index is 9.26. The van der Waals surface area contributed by atoms with Crippen molar-refractivity contribution >= 4 is 0 Å². The minimum absolute atomic E-state index is 0.200. The Balaban J connectivity index is 0.000000461. The molecule has 3 atom stereocenters. The van der Waals surface area contributed by atoms with Crippen LogP contribution in [0.15, 0.2) is 12.2 Å². The van der Waals surface area contributed by atoms with Gasteiger partial charge >= 0.3 is 0 Å². The molecule has 0 amide bonds. The van der Waals surface area contributed by atoms with Crippen molar-refractivity contribution in [1.82, 2.24) is 0 Å². The number of hydrogen-bond acceptors (Lipinski definition) is 1. The lowest BCUT2D eigenvalue weighted by atomic mass is 9.84. The van der Waals surface area contributed by atoms with E-state index in [4.69, 9.17) is 0 Å². The lowest BCUT2D eigenvalue weighted by Crippen LogP contribution is -2.24. The van der Waals surface area contributed by atoms with Crippen LogP contribution in [0.3, 0.4) is 0 Å². The van der Waals surface area contributed by atoms with Gasteiger partial charge in [-0.1, -0.05) is 39.8 Å². The number of aliphatic hydroxyl groups is 1. The number of aliphatic hydroxyl groups excluding tert-OH is 1. The van der Waals surface area contributed by atoms with E-state index in [1.54, 1.807) is 0 Å². The van der Waals surface area contributed by atoms with E-state index in [2.05, 4.69) is 19.9 Å². The molecule has 1 aliphatic carbocycles. The van der Waals surface area contributed by atoms with Gasteiger partial charge in [0.25, 0.3) is 0 Å². The molecule has 0 bridgehead atoms. The molecule has 1 aliphatic rings. The normalized spacial score (nSPS) is 35.9. The van der Waals surface area contributed by atoms with E-state index in [0.29, 0.717) is 11.8 Å². The Hall–Kier alpha value is -0.300. The maximum Gasteiger partial charge on any atom is 0.0749 e. The standard InChI is InChI=1S/C8H14O.C2H6/c1-6-4-3-5-8(9)7(6)2;1-2/h3,5-9H,4H2,1-2H3;1-2H3. The molecule has 0 aromatic carbocycles. The Kier molecular flexibility index (Phi) is 5.22. The topological polar surface area (TPSA) is 20.2 Å². The molecule has 1 heteroatoms. The predicted octanol–water partition coefficient (Wildman–Crippen LogP) is 2.61. The summed E-state index contributed by atoms with van der Waals surface area (Å²) in [5.74, 6) is 1.08. The van der Waals surface area contributed by atoms with Gasteiger partial charge in [-0.3, -0.25) is 0 Å². The zero-order valence-corrected chi connectivity index (χ0v) is 8.04. The summed E-state index contributed by atoms with van der Waals surface area (Å²) in [6.45, 7) is 8.27. The van der Waals surface area contributed by atoms with Crippen LogP contribution < -0.4 is 0 Å². The molecule has 0 aromatic heterocycles. The first-order valence-corrected chi connectivity index (χ1v) is 4.56. The molecule has 1 rings (SSSR count). The molecule has 1 nitrogen and oxygen atoms in total. The fraction of sp³-hybridized carbons (Fsp3) is 0.800. The smallest absolute Gasteiger partial charge is 0.0749 e. The van der Waals surface area contributed by atoms with Crippen molar-refractivity contribution in [3.8, 4) is 0 Å². The third-order valence-corrected chi connectivity index (χ3v) is 2.28. The molecule has 0 saturated heterocycles. The van der Waals surface area contributed by atoms with Crippen LogP contribution in [-0.2, 0) is 0 Å². The molecule has 0 aliphatic heterocycles. The molecule has 0 fully saturated rings. The molecule has 0 saturated carbocycles. The van der Waals surface area contributed by atoms with E-state index < -0.39 is 0 Å². The van der Waals surface area contributed by atoms with Crippen LogP contribution in [0, 0.1) is 11.8 Å². The summed E-state index contributed by atoms with van der Waals surface area (Å²) in [6, 6.07) is 0. The molecule has 0 aromatic rings. The van der Waals surface area contributed by atoms with Gasteiger partial charge in [0.15, 0.2) is 0 Å². The molecular weight excluding hydrogens is 136 g/mol. The molecular formula is C10H20O. The van der Waals surface area contributed by atoms with Crippen LogP contribution in [-0.4, -0.2) is 11.2 Å². The molecule has 0 spiro atoms. The molecule has 3 unspecified atom stereocenters. The fourth-order valence-corrected chi connectivity index (χ4v) is 1.16. The quantitative estimate of drug-likeness (QED) is 0.534. The first kappa shape index (κ1) is 10.7. The largest absolute Gasteiger partial charge is 0.389 e. The van der Waals surface area contributed by atoms with Gasteiger partial charge in [-0.15, -0.1) is 0 Å². The van der Waals surface area contributed by atoms with Gasteiger partial charge in [-0.05, 0) is 18.3 Å². The Labute approximate surface area is 70.1 Å². The highest BCUT2D eigenvalue weighted by atomic mass is 16.3. The van der Waals surface area contributed by atoms with Crippen molar-refractivity contribution in [2.75, 3.05) is 0 Å². The van der Waals surface area contributed by atoms with Crippen molar-refractivity contribution in [3.05, 3.63) is 12.2 Å². The van der Waals surface area contributed by atoms with Crippen molar-refractivity contribution in [2.45, 2.75) is 40.2 Å². The summed E-state index contributed by atoms with van der Waals surface area (Å²) in [6.07, 6.45) is 4.88. The summed E-state index contributed by atoms with van der Waals surface area (Å²) < 4.78 is 0. The first-order valence-electron chi connectivity index (χ1n) is 4.56. The van der Waals surface area contributed by atoms with Gasteiger partial charge in [0.1, 0.15) is 0 Å². The minimum atomic E-state index is -0.200. The fourth-order valence-electron chi connectivity index (χ4n) is 1.16. The minimum Gasteiger partial charge on any atom is -0.389 e. The van der Waals surface area contributed by atoms with Gasteiger partial charge in [0.05, 0.1) is 6.10 Å². The SMILES string of the molecule is CC.CC1CC=CC(O)C1C. The van der Waals surface area contributed by atoms with E-state index in [0.717, 1.165) is 6.42 Å². The van der Waals surface area contributed by atoms with Crippen LogP contribution in [0.4, 0.5) is 0 Å². The predicted molar refractivity (Wildman–Crippen MR) is 49.4 cm³/mol. The lowest BCUT2D eigenvalue weighted by molar-refractivity contribution is 0.121. The van der Waals surface area contributed by atoms with E-state index >= 15 is 0 Å². The van der Waals surface area contributed by atoms with Gasteiger partial charge in [-0.25, -0.2) is 0 Å². The molecule has 66 valence electrons. The van der Waals surface area contributed by atoms with Gasteiger partial charge in [0, 0.05) is 0 Å². The highest BCUT2D eigenvalue weighted by Gasteiger charge is 2.20. The Morgan fingerprint density at radius 1 is 1.27 bits per heavy atom. The number of allylic oxidation sites excluding steroid dienone is 1. The lowest BCUT2D eigenvalue weighted by Gasteiger charge is -2.25. The van der Waals surface area contributed by atoms with Crippen LogP contribution in [0.25, 0.3) is 0 Å². The second-order valence-electron chi connectivity index (χ2n) is 2.99. The van der Waals surface area contributed by atoms with E-state index in [1.807, 2.05) is 19.9 Å². The van der Waals surface area contributed by atoms with Gasteiger partial charge < -0.3 is 5.11 Å².